The van der Waals surface area contributed by atoms with Crippen LogP contribution in [0, 0.1) is 11.6 Å². The van der Waals surface area contributed by atoms with E-state index in [0.29, 0.717) is 12.5 Å². The number of hydrogen-bond acceptors (Lipinski definition) is 4. The Morgan fingerprint density at radius 2 is 2.00 bits per heavy atom. The zero-order valence-corrected chi connectivity index (χ0v) is 13.6. The molecule has 1 aromatic rings. The Balaban J connectivity index is 3.16. The third-order valence-electron chi connectivity index (χ3n) is 2.60. The standard InChI is InChI=1S/C12H14BrF2NO4S/c1-2-3-4-5-20-12(17)9-8(14)6-7(13)11(10(9)15)21(16,18)19/h6H,2-5H2,1H3,(H2,16,18,19). The summed E-state index contributed by atoms with van der Waals surface area (Å²) in [4.78, 5) is 10.7. The van der Waals surface area contributed by atoms with Crippen molar-refractivity contribution in [2.75, 3.05) is 6.61 Å². The maximum atomic E-state index is 14.1. The van der Waals surface area contributed by atoms with Crippen molar-refractivity contribution in [2.45, 2.75) is 31.1 Å². The van der Waals surface area contributed by atoms with Crippen LogP contribution in [0.1, 0.15) is 36.5 Å². The normalized spacial score (nSPS) is 11.5. The molecule has 0 saturated carbocycles. The van der Waals surface area contributed by atoms with Crippen LogP contribution < -0.4 is 5.14 Å². The SMILES string of the molecule is CCCCCOC(=O)c1c(F)cc(Br)c(S(N)(=O)=O)c1F. The number of nitrogens with two attached hydrogens (primary N) is 1. The number of primary sulfonamides is 1. The van der Waals surface area contributed by atoms with E-state index in [2.05, 4.69) is 15.9 Å². The third-order valence-corrected chi connectivity index (χ3v) is 4.45. The van der Waals surface area contributed by atoms with E-state index in [0.717, 1.165) is 12.8 Å². The molecule has 5 nitrogen and oxygen atoms in total. The van der Waals surface area contributed by atoms with E-state index in [-0.39, 0.29) is 6.61 Å². The largest absolute Gasteiger partial charge is 0.462 e. The fraction of sp³-hybridized carbons (Fsp3) is 0.417. The molecule has 0 saturated heterocycles. The molecule has 0 heterocycles. The lowest BCUT2D eigenvalue weighted by Crippen LogP contribution is -2.19. The van der Waals surface area contributed by atoms with Crippen molar-refractivity contribution in [3.05, 3.63) is 27.7 Å². The molecule has 118 valence electrons. The van der Waals surface area contributed by atoms with Crippen LogP contribution in [0.5, 0.6) is 0 Å². The van der Waals surface area contributed by atoms with Gasteiger partial charge < -0.3 is 4.74 Å². The maximum absolute atomic E-state index is 14.1. The molecule has 1 aromatic carbocycles. The molecule has 1 rings (SSSR count). The van der Waals surface area contributed by atoms with E-state index in [9.17, 15) is 22.0 Å². The molecule has 0 aromatic heterocycles. The van der Waals surface area contributed by atoms with Gasteiger partial charge in [0.25, 0.3) is 0 Å². The average molecular weight is 386 g/mol. The molecule has 0 aliphatic rings. The van der Waals surface area contributed by atoms with Gasteiger partial charge in [0.15, 0.2) is 5.82 Å². The zero-order valence-electron chi connectivity index (χ0n) is 11.2. The zero-order chi connectivity index (χ0) is 16.2. The fourth-order valence-electron chi connectivity index (χ4n) is 1.61. The second kappa shape index (κ2) is 7.28. The molecular weight excluding hydrogens is 372 g/mol. The number of benzene rings is 1. The number of carbonyl (C=O) groups is 1. The van der Waals surface area contributed by atoms with E-state index >= 15 is 0 Å². The quantitative estimate of drug-likeness (QED) is 0.602. The van der Waals surface area contributed by atoms with Gasteiger partial charge in [-0.1, -0.05) is 19.8 Å². The summed E-state index contributed by atoms with van der Waals surface area (Å²) in [7, 11) is -4.46. The average Bonchev–Trinajstić information content (AvgIpc) is 2.32. The Morgan fingerprint density at radius 1 is 1.38 bits per heavy atom. The minimum absolute atomic E-state index is 0.00761. The molecule has 0 amide bonds. The molecule has 0 unspecified atom stereocenters. The third kappa shape index (κ3) is 4.45. The lowest BCUT2D eigenvalue weighted by molar-refractivity contribution is 0.0486. The minimum Gasteiger partial charge on any atom is -0.462 e. The van der Waals surface area contributed by atoms with Gasteiger partial charge >= 0.3 is 5.97 Å². The summed E-state index contributed by atoms with van der Waals surface area (Å²) in [5, 5.41) is 4.84. The molecule has 0 radical (unpaired) electrons. The topological polar surface area (TPSA) is 86.5 Å². The first-order valence-corrected chi connectivity index (χ1v) is 8.41. The van der Waals surface area contributed by atoms with Gasteiger partial charge in [0.1, 0.15) is 16.3 Å². The lowest BCUT2D eigenvalue weighted by atomic mass is 10.2. The Kier molecular flexibility index (Phi) is 6.24. The highest BCUT2D eigenvalue weighted by molar-refractivity contribution is 9.10. The summed E-state index contributed by atoms with van der Waals surface area (Å²) in [5.74, 6) is -4.06. The first-order valence-electron chi connectivity index (χ1n) is 6.07. The molecule has 0 aliphatic heterocycles. The summed E-state index contributed by atoms with van der Waals surface area (Å²) >= 11 is 2.70. The summed E-state index contributed by atoms with van der Waals surface area (Å²) in [6.45, 7) is 1.93. The van der Waals surface area contributed by atoms with Gasteiger partial charge in [0.2, 0.25) is 10.0 Å². The molecule has 21 heavy (non-hydrogen) atoms. The maximum Gasteiger partial charge on any atom is 0.344 e. The van der Waals surface area contributed by atoms with Gasteiger partial charge in [-0.2, -0.15) is 0 Å². The van der Waals surface area contributed by atoms with Crippen LogP contribution in [-0.2, 0) is 14.8 Å². The van der Waals surface area contributed by atoms with Crippen molar-refractivity contribution < 1.29 is 26.7 Å². The highest BCUT2D eigenvalue weighted by atomic mass is 79.9. The summed E-state index contributed by atoms with van der Waals surface area (Å²) in [6, 6.07) is 0.658. The van der Waals surface area contributed by atoms with E-state index < -0.39 is 42.6 Å². The van der Waals surface area contributed by atoms with Gasteiger partial charge in [-0.15, -0.1) is 0 Å². The monoisotopic (exact) mass is 385 g/mol. The van der Waals surface area contributed by atoms with Crippen molar-refractivity contribution in [1.29, 1.82) is 0 Å². The number of rotatable bonds is 6. The predicted molar refractivity (Wildman–Crippen MR) is 75.2 cm³/mol. The van der Waals surface area contributed by atoms with Crippen molar-refractivity contribution in [2.24, 2.45) is 5.14 Å². The van der Waals surface area contributed by atoms with Crippen LogP contribution in [0.25, 0.3) is 0 Å². The van der Waals surface area contributed by atoms with Gasteiger partial charge in [0, 0.05) is 4.47 Å². The number of halogens is 3. The molecule has 0 bridgehead atoms. The Bertz CT molecular complexity index is 649. The van der Waals surface area contributed by atoms with Crippen LogP contribution in [0.3, 0.4) is 0 Å². The molecule has 0 aliphatic carbocycles. The van der Waals surface area contributed by atoms with Gasteiger partial charge in [-0.05, 0) is 28.4 Å². The fourth-order valence-corrected chi connectivity index (χ4v) is 3.34. The molecule has 9 heteroatoms. The number of carbonyl (C=O) groups excluding carboxylic acids is 1. The number of sulfonamides is 1. The number of esters is 1. The molecule has 2 N–H and O–H groups in total. The molecule has 0 atom stereocenters. The van der Waals surface area contributed by atoms with E-state index in [4.69, 9.17) is 9.88 Å². The van der Waals surface area contributed by atoms with E-state index in [1.165, 1.54) is 0 Å². The van der Waals surface area contributed by atoms with Crippen LogP contribution in [0.4, 0.5) is 8.78 Å². The van der Waals surface area contributed by atoms with Crippen LogP contribution >= 0.6 is 15.9 Å². The minimum atomic E-state index is -4.46. The molecule has 0 fully saturated rings. The number of unbranched alkanes of at least 4 members (excludes halogenated alkanes) is 2. The highest BCUT2D eigenvalue weighted by Crippen LogP contribution is 2.29. The smallest absolute Gasteiger partial charge is 0.344 e. The van der Waals surface area contributed by atoms with E-state index in [1.54, 1.807) is 0 Å². The van der Waals surface area contributed by atoms with Gasteiger partial charge in [0.05, 0.1) is 6.61 Å². The van der Waals surface area contributed by atoms with Gasteiger partial charge in [-0.3, -0.25) is 0 Å². The molecular formula is C12H14BrF2NO4S. The Hall–Kier alpha value is -1.06. The predicted octanol–water partition coefficient (Wildman–Crippen LogP) is 2.72. The summed E-state index contributed by atoms with van der Waals surface area (Å²) in [5.41, 5.74) is -1.07. The summed E-state index contributed by atoms with van der Waals surface area (Å²) in [6.07, 6.45) is 2.22. The van der Waals surface area contributed by atoms with Crippen LogP contribution in [0.2, 0.25) is 0 Å². The number of ether oxygens (including phenoxy) is 1. The van der Waals surface area contributed by atoms with Crippen molar-refractivity contribution in [3.63, 3.8) is 0 Å². The molecule has 0 spiro atoms. The summed E-state index contributed by atoms with van der Waals surface area (Å²) < 4.78 is 54.7. The first kappa shape index (κ1) is 18.0. The van der Waals surface area contributed by atoms with Crippen molar-refractivity contribution >= 4 is 31.9 Å². The highest BCUT2D eigenvalue weighted by Gasteiger charge is 2.29. The first-order chi connectivity index (χ1) is 9.70. The lowest BCUT2D eigenvalue weighted by Gasteiger charge is -2.10. The van der Waals surface area contributed by atoms with Crippen LogP contribution in [0.15, 0.2) is 15.4 Å². The second-order valence-corrected chi connectivity index (χ2v) is 6.60. The van der Waals surface area contributed by atoms with Crippen LogP contribution in [-0.4, -0.2) is 21.0 Å². The number of hydrogen-bond donors (Lipinski definition) is 1. The van der Waals surface area contributed by atoms with Crippen molar-refractivity contribution in [1.82, 2.24) is 0 Å². The Morgan fingerprint density at radius 3 is 2.52 bits per heavy atom. The van der Waals surface area contributed by atoms with Crippen molar-refractivity contribution in [3.8, 4) is 0 Å². The van der Waals surface area contributed by atoms with E-state index in [1.807, 2.05) is 6.92 Å². The van der Waals surface area contributed by atoms with Gasteiger partial charge in [-0.25, -0.2) is 27.1 Å². The second-order valence-electron chi connectivity index (χ2n) is 4.25. The Labute approximate surface area is 129 Å².